The van der Waals surface area contributed by atoms with Crippen molar-refractivity contribution in [3.8, 4) is 0 Å². The van der Waals surface area contributed by atoms with Gasteiger partial charge in [0.15, 0.2) is 0 Å². The summed E-state index contributed by atoms with van der Waals surface area (Å²) >= 11 is 0. The average molecular weight is 283 g/mol. The van der Waals surface area contributed by atoms with Crippen LogP contribution in [0.2, 0.25) is 0 Å². The van der Waals surface area contributed by atoms with E-state index in [4.69, 9.17) is 0 Å². The Balaban J connectivity index is 1.63. The van der Waals surface area contributed by atoms with E-state index in [1.54, 1.807) is 5.56 Å². The first-order valence-electron chi connectivity index (χ1n) is 9.10. The van der Waals surface area contributed by atoms with E-state index in [1.807, 2.05) is 0 Å². The van der Waals surface area contributed by atoms with E-state index in [1.165, 1.54) is 50.6 Å². The minimum Gasteiger partial charge on any atom is -0.297 e. The largest absolute Gasteiger partial charge is 0.297 e. The van der Waals surface area contributed by atoms with Crippen molar-refractivity contribution in [1.82, 2.24) is 4.90 Å². The van der Waals surface area contributed by atoms with Crippen LogP contribution in [0, 0.1) is 18.8 Å². The molecule has 0 aromatic heterocycles. The SMILES string of the molecule is CCCCC1C(c2ccc(C)cc2)CC2CC3CCN2C31. The number of nitrogens with zero attached hydrogens (tertiary/aromatic N) is 1. The van der Waals surface area contributed by atoms with Crippen LogP contribution in [-0.2, 0) is 0 Å². The molecule has 0 aliphatic carbocycles. The Hall–Kier alpha value is -0.820. The van der Waals surface area contributed by atoms with Gasteiger partial charge < -0.3 is 0 Å². The molecule has 1 heteroatoms. The Bertz CT molecular complexity index is 491. The summed E-state index contributed by atoms with van der Waals surface area (Å²) in [5, 5.41) is 0. The summed E-state index contributed by atoms with van der Waals surface area (Å²) in [5.74, 6) is 2.76. The van der Waals surface area contributed by atoms with Crippen molar-refractivity contribution in [2.75, 3.05) is 6.54 Å². The number of piperidine rings is 2. The summed E-state index contributed by atoms with van der Waals surface area (Å²) in [7, 11) is 0. The maximum Gasteiger partial charge on any atom is 0.0162 e. The molecule has 1 aromatic rings. The molecule has 6 unspecified atom stereocenters. The van der Waals surface area contributed by atoms with Gasteiger partial charge in [0.1, 0.15) is 0 Å². The summed E-state index contributed by atoms with van der Waals surface area (Å²) in [5.41, 5.74) is 3.02. The van der Waals surface area contributed by atoms with Crippen LogP contribution in [0.1, 0.15) is 62.5 Å². The molecule has 4 bridgehead atoms. The van der Waals surface area contributed by atoms with E-state index in [-0.39, 0.29) is 0 Å². The predicted octanol–water partition coefficient (Wildman–Crippen LogP) is 4.75. The monoisotopic (exact) mass is 283 g/mol. The lowest BCUT2D eigenvalue weighted by Crippen LogP contribution is -2.46. The molecule has 114 valence electrons. The average Bonchev–Trinajstić information content (AvgIpc) is 3.02. The van der Waals surface area contributed by atoms with Crippen LogP contribution in [0.25, 0.3) is 0 Å². The molecule has 21 heavy (non-hydrogen) atoms. The molecule has 0 saturated carbocycles. The fourth-order valence-electron chi connectivity index (χ4n) is 5.62. The second-order valence-electron chi connectivity index (χ2n) is 7.73. The second kappa shape index (κ2) is 5.43. The Labute approximate surface area is 129 Å². The first-order valence-corrected chi connectivity index (χ1v) is 9.10. The Morgan fingerprint density at radius 1 is 1.14 bits per heavy atom. The highest BCUT2D eigenvalue weighted by molar-refractivity contribution is 5.28. The van der Waals surface area contributed by atoms with Crippen LogP contribution in [0.4, 0.5) is 0 Å². The van der Waals surface area contributed by atoms with Gasteiger partial charge in [0, 0.05) is 12.1 Å². The van der Waals surface area contributed by atoms with E-state index in [9.17, 15) is 0 Å². The van der Waals surface area contributed by atoms with Crippen molar-refractivity contribution in [3.63, 3.8) is 0 Å². The zero-order chi connectivity index (χ0) is 14.4. The minimum atomic E-state index is 0.825. The number of hydrogen-bond donors (Lipinski definition) is 0. The number of unbranched alkanes of at least 4 members (excludes halogenated alkanes) is 1. The van der Waals surface area contributed by atoms with E-state index in [2.05, 4.69) is 43.0 Å². The van der Waals surface area contributed by atoms with Crippen LogP contribution < -0.4 is 0 Å². The Morgan fingerprint density at radius 2 is 1.95 bits per heavy atom. The summed E-state index contributed by atoms with van der Waals surface area (Å²) in [4.78, 5) is 2.90. The normalized spacial score (nSPS) is 40.7. The fourth-order valence-corrected chi connectivity index (χ4v) is 5.62. The minimum absolute atomic E-state index is 0.825. The van der Waals surface area contributed by atoms with Gasteiger partial charge >= 0.3 is 0 Å². The zero-order valence-corrected chi connectivity index (χ0v) is 13.6. The van der Waals surface area contributed by atoms with Crippen molar-refractivity contribution in [2.24, 2.45) is 11.8 Å². The highest BCUT2D eigenvalue weighted by Gasteiger charge is 2.54. The van der Waals surface area contributed by atoms with Gasteiger partial charge in [-0.05, 0) is 62.5 Å². The topological polar surface area (TPSA) is 3.24 Å². The lowest BCUT2D eigenvalue weighted by Gasteiger charge is -2.43. The lowest BCUT2D eigenvalue weighted by molar-refractivity contribution is 0.0885. The molecule has 6 atom stereocenters. The van der Waals surface area contributed by atoms with Crippen molar-refractivity contribution in [1.29, 1.82) is 0 Å². The molecule has 1 aromatic carbocycles. The fraction of sp³-hybridized carbons (Fsp3) is 0.700. The van der Waals surface area contributed by atoms with Gasteiger partial charge in [-0.25, -0.2) is 0 Å². The lowest BCUT2D eigenvalue weighted by atomic mass is 9.73. The van der Waals surface area contributed by atoms with Gasteiger partial charge in [-0.1, -0.05) is 49.6 Å². The summed E-state index contributed by atoms with van der Waals surface area (Å²) in [6, 6.07) is 11.3. The van der Waals surface area contributed by atoms with Crippen LogP contribution in [0.5, 0.6) is 0 Å². The van der Waals surface area contributed by atoms with Gasteiger partial charge in [0.25, 0.3) is 0 Å². The molecule has 3 aliphatic heterocycles. The first-order chi connectivity index (χ1) is 10.3. The van der Waals surface area contributed by atoms with Gasteiger partial charge in [-0.15, -0.1) is 0 Å². The molecule has 0 radical (unpaired) electrons. The number of rotatable bonds is 4. The van der Waals surface area contributed by atoms with Gasteiger partial charge in [0.05, 0.1) is 0 Å². The second-order valence-corrected chi connectivity index (χ2v) is 7.73. The van der Waals surface area contributed by atoms with Crippen LogP contribution in [0.15, 0.2) is 24.3 Å². The maximum atomic E-state index is 2.90. The third-order valence-electron chi connectivity index (χ3n) is 6.55. The third-order valence-corrected chi connectivity index (χ3v) is 6.55. The van der Waals surface area contributed by atoms with Gasteiger partial charge in [-0.3, -0.25) is 4.90 Å². The molecule has 4 rings (SSSR count). The van der Waals surface area contributed by atoms with Crippen LogP contribution >= 0.6 is 0 Å². The third kappa shape index (κ3) is 2.25. The molecule has 0 spiro atoms. The van der Waals surface area contributed by atoms with E-state index < -0.39 is 0 Å². The molecule has 3 fully saturated rings. The molecular weight excluding hydrogens is 254 g/mol. The summed E-state index contributed by atoms with van der Waals surface area (Å²) in [6.45, 7) is 5.94. The summed E-state index contributed by atoms with van der Waals surface area (Å²) < 4.78 is 0. The first kappa shape index (κ1) is 13.8. The Kier molecular flexibility index (Phi) is 3.57. The van der Waals surface area contributed by atoms with E-state index in [0.717, 1.165) is 29.8 Å². The molecular formula is C20H29N. The van der Waals surface area contributed by atoms with Crippen molar-refractivity contribution < 1.29 is 0 Å². The van der Waals surface area contributed by atoms with E-state index >= 15 is 0 Å². The molecule has 0 N–H and O–H groups in total. The molecule has 1 nitrogen and oxygen atoms in total. The molecule has 3 aliphatic rings. The van der Waals surface area contributed by atoms with Gasteiger partial charge in [0.2, 0.25) is 0 Å². The predicted molar refractivity (Wildman–Crippen MR) is 88.6 cm³/mol. The zero-order valence-electron chi connectivity index (χ0n) is 13.6. The number of hydrogen-bond acceptors (Lipinski definition) is 1. The standard InChI is InChI=1S/C20H29N/c1-3-4-5-18-19(15-8-6-14(2)7-9-15)13-17-12-16-10-11-21(17)20(16)18/h6-9,16-20H,3-5,10-13H2,1-2H3. The number of aryl methyl sites for hydroxylation is 1. The van der Waals surface area contributed by atoms with Gasteiger partial charge in [-0.2, -0.15) is 0 Å². The molecule has 3 saturated heterocycles. The highest BCUT2D eigenvalue weighted by atomic mass is 15.3. The Morgan fingerprint density at radius 3 is 2.71 bits per heavy atom. The van der Waals surface area contributed by atoms with E-state index in [0.29, 0.717) is 0 Å². The van der Waals surface area contributed by atoms with Crippen molar-refractivity contribution in [2.45, 2.75) is 70.4 Å². The van der Waals surface area contributed by atoms with Crippen LogP contribution in [-0.4, -0.2) is 23.5 Å². The van der Waals surface area contributed by atoms with Crippen LogP contribution in [0.3, 0.4) is 0 Å². The quantitative estimate of drug-likeness (QED) is 0.770. The van der Waals surface area contributed by atoms with Crippen molar-refractivity contribution in [3.05, 3.63) is 35.4 Å². The smallest absolute Gasteiger partial charge is 0.0162 e. The summed E-state index contributed by atoms with van der Waals surface area (Å²) in [6.07, 6.45) is 8.59. The number of benzene rings is 1. The van der Waals surface area contributed by atoms with Crippen molar-refractivity contribution >= 4 is 0 Å². The highest BCUT2D eigenvalue weighted by Crippen LogP contribution is 2.54. The molecule has 0 amide bonds. The molecule has 3 heterocycles. The maximum absolute atomic E-state index is 2.90.